The predicted molar refractivity (Wildman–Crippen MR) is 40.5 cm³/mol. The van der Waals surface area contributed by atoms with Crippen LogP contribution in [0.2, 0.25) is 0 Å². The van der Waals surface area contributed by atoms with Crippen LogP contribution in [0.5, 0.6) is 0 Å². The number of nitrogens with two attached hydrogens (primary N) is 1. The molecule has 12 heavy (non-hydrogen) atoms. The molecule has 4 nitrogen and oxygen atoms in total. The molecule has 0 saturated heterocycles. The molecule has 1 atom stereocenters. The average molecular weight is 167 g/mol. The lowest BCUT2D eigenvalue weighted by Gasteiger charge is -2.12. The van der Waals surface area contributed by atoms with Crippen LogP contribution in [0.1, 0.15) is 6.42 Å². The molecule has 0 saturated carbocycles. The topological polar surface area (TPSA) is 61.6 Å². The highest BCUT2D eigenvalue weighted by atomic mass is 16.7. The first-order valence-corrected chi connectivity index (χ1v) is 3.73. The molecular formula is C8H9NO3. The summed E-state index contributed by atoms with van der Waals surface area (Å²) in [5.41, 5.74) is 5.14. The Hall–Kier alpha value is -1.45. The monoisotopic (exact) mass is 167 g/mol. The van der Waals surface area contributed by atoms with Gasteiger partial charge in [0.05, 0.1) is 5.92 Å². The Morgan fingerprint density at radius 3 is 3.17 bits per heavy atom. The second-order valence-electron chi connectivity index (χ2n) is 2.77. The molecule has 64 valence electrons. The van der Waals surface area contributed by atoms with Crippen molar-refractivity contribution < 1.29 is 14.3 Å². The van der Waals surface area contributed by atoms with E-state index in [2.05, 4.69) is 0 Å². The quantitative estimate of drug-likeness (QED) is 0.609. The van der Waals surface area contributed by atoms with Gasteiger partial charge in [-0.1, -0.05) is 6.08 Å². The predicted octanol–water partition coefficient (Wildman–Crippen LogP) is 0.264. The average Bonchev–Trinajstić information content (AvgIpc) is 2.49. The second-order valence-corrected chi connectivity index (χ2v) is 2.77. The van der Waals surface area contributed by atoms with E-state index in [0.717, 1.165) is 11.5 Å². The minimum absolute atomic E-state index is 0.245. The number of rotatable bonds is 1. The summed E-state index contributed by atoms with van der Waals surface area (Å²) in [4.78, 5) is 10.8. The van der Waals surface area contributed by atoms with Crippen LogP contribution in [0.3, 0.4) is 0 Å². The molecule has 0 radical (unpaired) electrons. The first kappa shape index (κ1) is 7.21. The number of hydrogen-bond donors (Lipinski definition) is 1. The van der Waals surface area contributed by atoms with Crippen LogP contribution in [-0.2, 0) is 14.3 Å². The normalized spacial score (nSPS) is 26.2. The molecule has 1 aliphatic heterocycles. The summed E-state index contributed by atoms with van der Waals surface area (Å²) in [5.74, 6) is 0.896. The molecule has 2 N–H and O–H groups in total. The highest BCUT2D eigenvalue weighted by molar-refractivity contribution is 5.79. The molecule has 1 unspecified atom stereocenters. The number of carbonyl (C=O) groups is 1. The maximum atomic E-state index is 10.8. The third kappa shape index (κ3) is 1.05. The first-order valence-electron chi connectivity index (χ1n) is 3.73. The Morgan fingerprint density at radius 2 is 2.42 bits per heavy atom. The number of carbonyl (C=O) groups excluding carboxylic acids is 1. The summed E-state index contributed by atoms with van der Waals surface area (Å²) < 4.78 is 10.2. The Labute approximate surface area is 69.6 Å². The van der Waals surface area contributed by atoms with Crippen LogP contribution in [0.15, 0.2) is 23.7 Å². The zero-order chi connectivity index (χ0) is 8.55. The van der Waals surface area contributed by atoms with Crippen molar-refractivity contribution in [2.75, 3.05) is 6.79 Å². The molecule has 0 fully saturated rings. The van der Waals surface area contributed by atoms with Crippen LogP contribution in [0, 0.1) is 5.92 Å². The fourth-order valence-electron chi connectivity index (χ4n) is 1.28. The standard InChI is InChI=1S/C8H9NO3/c9-8(10)5-1-2-6-7(3-5)12-4-11-6/h1-2,5H,3-4H2,(H2,9,10). The van der Waals surface area contributed by atoms with E-state index in [9.17, 15) is 4.79 Å². The van der Waals surface area contributed by atoms with Crippen LogP contribution in [-0.4, -0.2) is 12.7 Å². The number of allylic oxidation sites excluding steroid dienone is 2. The summed E-state index contributed by atoms with van der Waals surface area (Å²) >= 11 is 0. The summed E-state index contributed by atoms with van der Waals surface area (Å²) in [6.45, 7) is 0.250. The Morgan fingerprint density at radius 1 is 1.58 bits per heavy atom. The molecule has 0 spiro atoms. The summed E-state index contributed by atoms with van der Waals surface area (Å²) in [5, 5.41) is 0. The molecule has 1 amide bonds. The molecule has 0 aromatic heterocycles. The second kappa shape index (κ2) is 2.55. The molecule has 1 heterocycles. The van der Waals surface area contributed by atoms with E-state index >= 15 is 0 Å². The molecule has 0 aromatic carbocycles. The molecular weight excluding hydrogens is 158 g/mol. The summed E-state index contributed by atoms with van der Waals surface area (Å²) in [6.07, 6.45) is 4.01. The van der Waals surface area contributed by atoms with Gasteiger partial charge >= 0.3 is 0 Å². The third-order valence-electron chi connectivity index (χ3n) is 1.97. The van der Waals surface area contributed by atoms with E-state index in [-0.39, 0.29) is 18.6 Å². The molecule has 0 bridgehead atoms. The van der Waals surface area contributed by atoms with Gasteiger partial charge in [0.1, 0.15) is 5.76 Å². The van der Waals surface area contributed by atoms with Crippen LogP contribution >= 0.6 is 0 Å². The largest absolute Gasteiger partial charge is 0.458 e. The fraction of sp³-hybridized carbons (Fsp3) is 0.375. The minimum Gasteiger partial charge on any atom is -0.458 e. The lowest BCUT2D eigenvalue weighted by molar-refractivity contribution is -0.120. The summed E-state index contributed by atoms with van der Waals surface area (Å²) in [6, 6.07) is 0. The van der Waals surface area contributed by atoms with E-state index in [1.54, 1.807) is 12.2 Å². The van der Waals surface area contributed by atoms with Crippen molar-refractivity contribution in [1.82, 2.24) is 0 Å². The number of amides is 1. The number of hydrogen-bond acceptors (Lipinski definition) is 3. The highest BCUT2D eigenvalue weighted by Crippen LogP contribution is 2.28. The van der Waals surface area contributed by atoms with Crippen molar-refractivity contribution in [3.05, 3.63) is 23.7 Å². The zero-order valence-electron chi connectivity index (χ0n) is 6.45. The maximum Gasteiger partial charge on any atom is 0.230 e. The number of primary amides is 1. The zero-order valence-corrected chi connectivity index (χ0v) is 6.45. The Kier molecular flexibility index (Phi) is 1.53. The van der Waals surface area contributed by atoms with Gasteiger partial charge in [0.25, 0.3) is 0 Å². The molecule has 1 aliphatic carbocycles. The highest BCUT2D eigenvalue weighted by Gasteiger charge is 2.25. The smallest absolute Gasteiger partial charge is 0.230 e. The van der Waals surface area contributed by atoms with Gasteiger partial charge in [-0.2, -0.15) is 0 Å². The van der Waals surface area contributed by atoms with Gasteiger partial charge in [0, 0.05) is 6.42 Å². The van der Waals surface area contributed by atoms with Gasteiger partial charge in [0.15, 0.2) is 5.76 Å². The van der Waals surface area contributed by atoms with Crippen LogP contribution < -0.4 is 5.73 Å². The summed E-state index contributed by atoms with van der Waals surface area (Å²) in [7, 11) is 0. The van der Waals surface area contributed by atoms with E-state index in [1.165, 1.54) is 0 Å². The molecule has 2 rings (SSSR count). The van der Waals surface area contributed by atoms with Crippen LogP contribution in [0.25, 0.3) is 0 Å². The lowest BCUT2D eigenvalue weighted by atomic mass is 9.98. The van der Waals surface area contributed by atoms with E-state index in [0.29, 0.717) is 6.42 Å². The van der Waals surface area contributed by atoms with Gasteiger partial charge in [0.2, 0.25) is 12.7 Å². The Bertz CT molecular complexity index is 280. The van der Waals surface area contributed by atoms with Crippen molar-refractivity contribution in [3.63, 3.8) is 0 Å². The van der Waals surface area contributed by atoms with Gasteiger partial charge in [-0.25, -0.2) is 0 Å². The fourth-order valence-corrected chi connectivity index (χ4v) is 1.28. The van der Waals surface area contributed by atoms with Crippen molar-refractivity contribution in [1.29, 1.82) is 0 Å². The minimum atomic E-state index is -0.326. The van der Waals surface area contributed by atoms with E-state index in [4.69, 9.17) is 15.2 Å². The van der Waals surface area contributed by atoms with Crippen molar-refractivity contribution in [3.8, 4) is 0 Å². The van der Waals surface area contributed by atoms with Gasteiger partial charge < -0.3 is 15.2 Å². The SMILES string of the molecule is NC(=O)C1C=CC2=C(C1)OCO2. The molecule has 2 aliphatic rings. The maximum absolute atomic E-state index is 10.8. The van der Waals surface area contributed by atoms with Crippen molar-refractivity contribution in [2.45, 2.75) is 6.42 Å². The van der Waals surface area contributed by atoms with E-state index < -0.39 is 0 Å². The number of ether oxygens (including phenoxy) is 2. The Balaban J connectivity index is 2.15. The molecule has 0 aromatic rings. The van der Waals surface area contributed by atoms with Crippen LogP contribution in [0.4, 0.5) is 0 Å². The van der Waals surface area contributed by atoms with Gasteiger partial charge in [-0.15, -0.1) is 0 Å². The van der Waals surface area contributed by atoms with Gasteiger partial charge in [-0.05, 0) is 6.08 Å². The molecule has 4 heteroatoms. The lowest BCUT2D eigenvalue weighted by Crippen LogP contribution is -2.23. The third-order valence-corrected chi connectivity index (χ3v) is 1.97. The first-order chi connectivity index (χ1) is 5.77. The van der Waals surface area contributed by atoms with Crippen molar-refractivity contribution >= 4 is 5.91 Å². The van der Waals surface area contributed by atoms with Gasteiger partial charge in [-0.3, -0.25) is 4.79 Å². The van der Waals surface area contributed by atoms with E-state index in [1.807, 2.05) is 0 Å². The van der Waals surface area contributed by atoms with Crippen molar-refractivity contribution in [2.24, 2.45) is 11.7 Å².